The van der Waals surface area contributed by atoms with Crippen LogP contribution in [0.25, 0.3) is 11.0 Å². The van der Waals surface area contributed by atoms with Crippen molar-refractivity contribution in [1.82, 2.24) is 5.32 Å². The van der Waals surface area contributed by atoms with E-state index in [9.17, 15) is 0 Å². The molecule has 0 atom stereocenters. The Bertz CT molecular complexity index is 572. The largest absolute Gasteiger partial charge is 0.459 e. The number of halogens is 1. The Morgan fingerprint density at radius 3 is 2.67 bits per heavy atom. The number of hydrogen-bond acceptors (Lipinski definition) is 2. The van der Waals surface area contributed by atoms with Gasteiger partial charge in [-0.3, -0.25) is 0 Å². The zero-order chi connectivity index (χ0) is 13.3. The van der Waals surface area contributed by atoms with Crippen LogP contribution in [0.3, 0.4) is 0 Å². The highest BCUT2D eigenvalue weighted by Gasteiger charge is 2.17. The Balaban J connectivity index is 2.73. The molecule has 2 aromatic rings. The van der Waals surface area contributed by atoms with Gasteiger partial charge in [0.2, 0.25) is 0 Å². The third-order valence-corrected chi connectivity index (χ3v) is 4.57. The lowest BCUT2D eigenvalue weighted by Crippen LogP contribution is -2.06. The van der Waals surface area contributed by atoms with Gasteiger partial charge in [-0.2, -0.15) is 0 Å². The second-order valence-corrected chi connectivity index (χ2v) is 5.58. The molecule has 3 heteroatoms. The molecule has 0 radical (unpaired) electrons. The molecule has 0 aliphatic heterocycles. The molecule has 1 aromatic carbocycles. The van der Waals surface area contributed by atoms with E-state index in [0.717, 1.165) is 30.7 Å². The first-order valence-electron chi connectivity index (χ1n) is 6.44. The Labute approximate surface area is 117 Å². The zero-order valence-corrected chi connectivity index (χ0v) is 13.1. The van der Waals surface area contributed by atoms with Crippen molar-refractivity contribution in [3.63, 3.8) is 0 Å². The summed E-state index contributed by atoms with van der Waals surface area (Å²) in [6.07, 6.45) is 2.20. The minimum atomic E-state index is 0.792. The second kappa shape index (κ2) is 5.45. The van der Waals surface area contributed by atoms with Gasteiger partial charge in [0.1, 0.15) is 11.3 Å². The standard InChI is InChI=1S/C15H20BrNO/c1-5-6-11-13(8-17-4)18-12-7-9(2)15(16)10(3)14(11)12/h7,17H,5-6,8H2,1-4H3. The lowest BCUT2D eigenvalue weighted by Gasteiger charge is -2.06. The summed E-state index contributed by atoms with van der Waals surface area (Å²) in [4.78, 5) is 0. The molecule has 1 aromatic heterocycles. The van der Waals surface area contributed by atoms with E-state index in [-0.39, 0.29) is 0 Å². The van der Waals surface area contributed by atoms with E-state index >= 15 is 0 Å². The van der Waals surface area contributed by atoms with Crippen molar-refractivity contribution in [2.75, 3.05) is 7.05 Å². The molecule has 0 unspecified atom stereocenters. The number of hydrogen-bond donors (Lipinski definition) is 1. The molecule has 0 amide bonds. The van der Waals surface area contributed by atoms with E-state index in [1.807, 2.05) is 7.05 Å². The fourth-order valence-corrected chi connectivity index (χ4v) is 2.84. The van der Waals surface area contributed by atoms with Crippen molar-refractivity contribution in [1.29, 1.82) is 0 Å². The maximum Gasteiger partial charge on any atom is 0.135 e. The van der Waals surface area contributed by atoms with Crippen molar-refractivity contribution in [2.45, 2.75) is 40.2 Å². The first-order valence-corrected chi connectivity index (χ1v) is 7.24. The fourth-order valence-electron chi connectivity index (χ4n) is 2.53. The topological polar surface area (TPSA) is 25.2 Å². The molecule has 0 saturated heterocycles. The number of aryl methyl sites for hydroxylation is 3. The van der Waals surface area contributed by atoms with Gasteiger partial charge in [-0.15, -0.1) is 0 Å². The Hall–Kier alpha value is -0.800. The first-order chi connectivity index (χ1) is 8.60. The first kappa shape index (κ1) is 13.6. The summed E-state index contributed by atoms with van der Waals surface area (Å²) < 4.78 is 7.22. The normalized spacial score (nSPS) is 11.4. The van der Waals surface area contributed by atoms with Gasteiger partial charge in [0.25, 0.3) is 0 Å². The molecule has 2 rings (SSSR count). The maximum atomic E-state index is 6.03. The molecule has 0 bridgehead atoms. The van der Waals surface area contributed by atoms with E-state index in [4.69, 9.17) is 4.42 Å². The van der Waals surface area contributed by atoms with Crippen LogP contribution in [0.1, 0.15) is 35.8 Å². The summed E-state index contributed by atoms with van der Waals surface area (Å²) in [6.45, 7) is 7.27. The highest BCUT2D eigenvalue weighted by molar-refractivity contribution is 9.10. The van der Waals surface area contributed by atoms with E-state index in [0.29, 0.717) is 0 Å². The number of furan rings is 1. The minimum Gasteiger partial charge on any atom is -0.459 e. The predicted molar refractivity (Wildman–Crippen MR) is 80.1 cm³/mol. The highest BCUT2D eigenvalue weighted by atomic mass is 79.9. The van der Waals surface area contributed by atoms with Gasteiger partial charge >= 0.3 is 0 Å². The van der Waals surface area contributed by atoms with Crippen LogP contribution < -0.4 is 5.32 Å². The molecule has 0 saturated carbocycles. The van der Waals surface area contributed by atoms with Crippen LogP contribution in [0, 0.1) is 13.8 Å². The number of rotatable bonds is 4. The molecule has 1 N–H and O–H groups in total. The predicted octanol–water partition coefficient (Wildman–Crippen LogP) is 4.48. The molecule has 1 heterocycles. The van der Waals surface area contributed by atoms with Crippen LogP contribution >= 0.6 is 15.9 Å². The average Bonchev–Trinajstić information content (AvgIpc) is 2.66. The number of benzene rings is 1. The van der Waals surface area contributed by atoms with Crippen molar-refractivity contribution in [2.24, 2.45) is 0 Å². The minimum absolute atomic E-state index is 0.792. The third kappa shape index (κ3) is 2.21. The van der Waals surface area contributed by atoms with E-state index < -0.39 is 0 Å². The van der Waals surface area contributed by atoms with Crippen LogP contribution in [-0.2, 0) is 13.0 Å². The zero-order valence-electron chi connectivity index (χ0n) is 11.5. The lowest BCUT2D eigenvalue weighted by molar-refractivity contribution is 0.523. The number of nitrogens with one attached hydrogen (secondary N) is 1. The molecule has 0 aliphatic carbocycles. The van der Waals surface area contributed by atoms with Crippen molar-refractivity contribution < 1.29 is 4.42 Å². The summed E-state index contributed by atoms with van der Waals surface area (Å²) in [7, 11) is 1.96. The molecule has 18 heavy (non-hydrogen) atoms. The maximum absolute atomic E-state index is 6.03. The summed E-state index contributed by atoms with van der Waals surface area (Å²) in [6, 6.07) is 2.13. The van der Waals surface area contributed by atoms with E-state index in [2.05, 4.69) is 48.1 Å². The SMILES string of the molecule is CCCc1c(CNC)oc2cc(C)c(Br)c(C)c12. The molecular formula is C15H20BrNO. The van der Waals surface area contributed by atoms with Crippen LogP contribution in [0.4, 0.5) is 0 Å². The van der Waals surface area contributed by atoms with Crippen LogP contribution in [0.15, 0.2) is 15.0 Å². The lowest BCUT2D eigenvalue weighted by atomic mass is 10.0. The molecular weight excluding hydrogens is 290 g/mol. The fraction of sp³-hybridized carbons (Fsp3) is 0.467. The van der Waals surface area contributed by atoms with E-state index in [1.165, 1.54) is 26.5 Å². The molecule has 0 spiro atoms. The van der Waals surface area contributed by atoms with Crippen molar-refractivity contribution >= 4 is 26.9 Å². The van der Waals surface area contributed by atoms with Crippen LogP contribution in [-0.4, -0.2) is 7.05 Å². The Kier molecular flexibility index (Phi) is 4.13. The van der Waals surface area contributed by atoms with Gasteiger partial charge in [0, 0.05) is 15.4 Å². The summed E-state index contributed by atoms with van der Waals surface area (Å²) in [5, 5.41) is 4.48. The Morgan fingerprint density at radius 1 is 1.33 bits per heavy atom. The average molecular weight is 310 g/mol. The summed E-state index contributed by atoms with van der Waals surface area (Å²) in [5.41, 5.74) is 4.90. The second-order valence-electron chi connectivity index (χ2n) is 4.79. The Morgan fingerprint density at radius 2 is 2.06 bits per heavy atom. The van der Waals surface area contributed by atoms with Crippen LogP contribution in [0.2, 0.25) is 0 Å². The monoisotopic (exact) mass is 309 g/mol. The van der Waals surface area contributed by atoms with Crippen LogP contribution in [0.5, 0.6) is 0 Å². The highest BCUT2D eigenvalue weighted by Crippen LogP contribution is 2.35. The van der Waals surface area contributed by atoms with Gasteiger partial charge in [0.15, 0.2) is 0 Å². The van der Waals surface area contributed by atoms with Gasteiger partial charge in [0.05, 0.1) is 6.54 Å². The van der Waals surface area contributed by atoms with Crippen molar-refractivity contribution in [3.05, 3.63) is 33.0 Å². The third-order valence-electron chi connectivity index (χ3n) is 3.35. The number of fused-ring (bicyclic) bond motifs is 1. The molecule has 2 nitrogen and oxygen atoms in total. The molecule has 0 aliphatic rings. The smallest absolute Gasteiger partial charge is 0.135 e. The molecule has 0 fully saturated rings. The van der Waals surface area contributed by atoms with Gasteiger partial charge in [-0.25, -0.2) is 0 Å². The van der Waals surface area contributed by atoms with Gasteiger partial charge in [-0.05, 0) is 44.5 Å². The quantitative estimate of drug-likeness (QED) is 0.900. The van der Waals surface area contributed by atoms with Gasteiger partial charge < -0.3 is 9.73 Å². The summed E-state index contributed by atoms with van der Waals surface area (Å²) >= 11 is 3.68. The van der Waals surface area contributed by atoms with Gasteiger partial charge in [-0.1, -0.05) is 29.3 Å². The van der Waals surface area contributed by atoms with Crippen molar-refractivity contribution in [3.8, 4) is 0 Å². The summed E-state index contributed by atoms with van der Waals surface area (Å²) in [5.74, 6) is 1.08. The van der Waals surface area contributed by atoms with E-state index in [1.54, 1.807) is 0 Å². The molecule has 98 valence electrons.